The van der Waals surface area contributed by atoms with Crippen LogP contribution >= 0.6 is 0 Å². The van der Waals surface area contributed by atoms with Gasteiger partial charge in [-0.25, -0.2) is 4.39 Å². The van der Waals surface area contributed by atoms with Crippen molar-refractivity contribution in [3.63, 3.8) is 0 Å². The van der Waals surface area contributed by atoms with Gasteiger partial charge in [0.1, 0.15) is 5.82 Å². The van der Waals surface area contributed by atoms with Crippen LogP contribution in [0, 0.1) is 11.7 Å². The number of anilines is 1. The summed E-state index contributed by atoms with van der Waals surface area (Å²) in [5.74, 6) is 0.204. The summed E-state index contributed by atoms with van der Waals surface area (Å²) in [4.78, 5) is 0.573. The van der Waals surface area contributed by atoms with Crippen molar-refractivity contribution >= 4 is 16.5 Å². The Balaban J connectivity index is 2.12. The lowest BCUT2D eigenvalue weighted by Crippen LogP contribution is -2.24. The highest BCUT2D eigenvalue weighted by molar-refractivity contribution is 7.85. The summed E-state index contributed by atoms with van der Waals surface area (Å²) in [6.45, 7) is 2.18. The first kappa shape index (κ1) is 13.5. The fourth-order valence-electron chi connectivity index (χ4n) is 2.63. The molecule has 0 radical (unpaired) electrons. The van der Waals surface area contributed by atoms with Crippen LogP contribution in [-0.4, -0.2) is 9.46 Å². The van der Waals surface area contributed by atoms with Gasteiger partial charge in [-0.3, -0.25) is 4.21 Å². The highest BCUT2D eigenvalue weighted by Crippen LogP contribution is 2.32. The maximum Gasteiger partial charge on any atom is 0.147 e. The second-order valence-corrected chi connectivity index (χ2v) is 6.78. The molecule has 2 nitrogen and oxygen atoms in total. The minimum absolute atomic E-state index is 0.117. The number of benzene rings is 1. The Kier molecular flexibility index (Phi) is 4.38. The molecule has 4 heteroatoms. The van der Waals surface area contributed by atoms with Crippen LogP contribution in [0.4, 0.5) is 10.1 Å². The summed E-state index contributed by atoms with van der Waals surface area (Å²) in [6, 6.07) is 4.51. The van der Waals surface area contributed by atoms with Crippen LogP contribution in [0.15, 0.2) is 23.1 Å². The van der Waals surface area contributed by atoms with E-state index in [0.29, 0.717) is 10.8 Å². The van der Waals surface area contributed by atoms with Gasteiger partial charge in [0.15, 0.2) is 0 Å². The molecule has 0 aromatic heterocycles. The predicted molar refractivity (Wildman–Crippen MR) is 73.3 cm³/mol. The van der Waals surface area contributed by atoms with Crippen molar-refractivity contribution in [3.05, 3.63) is 24.0 Å². The van der Waals surface area contributed by atoms with E-state index < -0.39 is 16.6 Å². The Morgan fingerprint density at radius 3 is 2.89 bits per heavy atom. The predicted octanol–water partition coefficient (Wildman–Crippen LogP) is 3.48. The SMILES string of the molecule is CCC1CCCC(S(=O)c2ccc(N)c(F)c2)C1. The minimum Gasteiger partial charge on any atom is -0.396 e. The van der Waals surface area contributed by atoms with E-state index in [1.54, 1.807) is 6.07 Å². The zero-order valence-corrected chi connectivity index (χ0v) is 11.5. The molecular formula is C14H20FNOS. The molecule has 100 valence electrons. The first-order valence-electron chi connectivity index (χ1n) is 6.57. The molecule has 3 unspecified atom stereocenters. The Bertz CT molecular complexity index is 449. The molecule has 1 aromatic rings. The van der Waals surface area contributed by atoms with E-state index in [0.717, 1.165) is 25.7 Å². The molecule has 2 N–H and O–H groups in total. The second-order valence-electron chi connectivity index (χ2n) is 5.04. The zero-order valence-electron chi connectivity index (χ0n) is 10.7. The van der Waals surface area contributed by atoms with E-state index in [9.17, 15) is 8.60 Å². The molecule has 0 bridgehead atoms. The molecule has 1 aliphatic rings. The second kappa shape index (κ2) is 5.83. The Morgan fingerprint density at radius 1 is 1.44 bits per heavy atom. The summed E-state index contributed by atoms with van der Waals surface area (Å²) in [5, 5.41) is 0.173. The quantitative estimate of drug-likeness (QED) is 0.854. The van der Waals surface area contributed by atoms with Crippen molar-refractivity contribution in [1.82, 2.24) is 0 Å². The molecule has 2 rings (SSSR count). The number of nitrogens with two attached hydrogens (primary N) is 1. The molecule has 0 heterocycles. The van der Waals surface area contributed by atoms with Crippen LogP contribution in [-0.2, 0) is 10.8 Å². The molecule has 3 atom stereocenters. The molecule has 0 aliphatic heterocycles. The zero-order chi connectivity index (χ0) is 13.1. The lowest BCUT2D eigenvalue weighted by Gasteiger charge is -2.27. The van der Waals surface area contributed by atoms with Crippen LogP contribution < -0.4 is 5.73 Å². The average Bonchev–Trinajstić information content (AvgIpc) is 2.41. The van der Waals surface area contributed by atoms with Crippen LogP contribution in [0.1, 0.15) is 39.0 Å². The van der Waals surface area contributed by atoms with Gasteiger partial charge in [-0.05, 0) is 37.0 Å². The topological polar surface area (TPSA) is 43.1 Å². The van der Waals surface area contributed by atoms with Gasteiger partial charge in [-0.15, -0.1) is 0 Å². The number of rotatable bonds is 3. The smallest absolute Gasteiger partial charge is 0.147 e. The molecule has 1 aromatic carbocycles. The minimum atomic E-state index is -1.11. The molecule has 0 saturated heterocycles. The van der Waals surface area contributed by atoms with E-state index in [-0.39, 0.29) is 10.9 Å². The molecule has 18 heavy (non-hydrogen) atoms. The maximum absolute atomic E-state index is 13.4. The molecule has 0 amide bonds. The van der Waals surface area contributed by atoms with E-state index >= 15 is 0 Å². The highest BCUT2D eigenvalue weighted by Gasteiger charge is 2.26. The van der Waals surface area contributed by atoms with Gasteiger partial charge in [0.2, 0.25) is 0 Å². The van der Waals surface area contributed by atoms with Gasteiger partial charge in [-0.2, -0.15) is 0 Å². The number of hydrogen-bond donors (Lipinski definition) is 1. The Hall–Kier alpha value is -0.900. The van der Waals surface area contributed by atoms with E-state index in [1.807, 2.05) is 0 Å². The number of hydrogen-bond acceptors (Lipinski definition) is 2. The standard InChI is InChI=1S/C14H20FNOS/c1-2-10-4-3-5-11(8-10)18(17)12-6-7-14(16)13(15)9-12/h6-7,9-11H,2-5,8,16H2,1H3. The monoisotopic (exact) mass is 269 g/mol. The van der Waals surface area contributed by atoms with E-state index in [4.69, 9.17) is 5.73 Å². The van der Waals surface area contributed by atoms with Crippen molar-refractivity contribution < 1.29 is 8.60 Å². The molecule has 0 spiro atoms. The first-order chi connectivity index (χ1) is 8.61. The van der Waals surface area contributed by atoms with Gasteiger partial charge in [-0.1, -0.05) is 26.2 Å². The third-order valence-corrected chi connectivity index (χ3v) is 5.57. The molecule has 1 saturated carbocycles. The van der Waals surface area contributed by atoms with E-state index in [1.165, 1.54) is 18.6 Å². The van der Waals surface area contributed by atoms with Crippen LogP contribution in [0.5, 0.6) is 0 Å². The number of halogens is 1. The Morgan fingerprint density at radius 2 is 2.22 bits per heavy atom. The van der Waals surface area contributed by atoms with Crippen molar-refractivity contribution in [1.29, 1.82) is 0 Å². The maximum atomic E-state index is 13.4. The summed E-state index contributed by atoms with van der Waals surface area (Å²) in [7, 11) is -1.11. The largest absolute Gasteiger partial charge is 0.396 e. The van der Waals surface area contributed by atoms with Crippen molar-refractivity contribution in [2.75, 3.05) is 5.73 Å². The molecule has 1 aliphatic carbocycles. The summed E-state index contributed by atoms with van der Waals surface area (Å²) < 4.78 is 25.8. The lowest BCUT2D eigenvalue weighted by molar-refractivity contribution is 0.353. The fraction of sp³-hybridized carbons (Fsp3) is 0.571. The Labute approximate surface area is 110 Å². The van der Waals surface area contributed by atoms with Crippen molar-refractivity contribution in [2.45, 2.75) is 49.2 Å². The summed E-state index contributed by atoms with van der Waals surface area (Å²) in [6.07, 6.45) is 5.49. The van der Waals surface area contributed by atoms with Gasteiger partial charge in [0, 0.05) is 10.1 Å². The van der Waals surface area contributed by atoms with E-state index in [2.05, 4.69) is 6.92 Å². The third kappa shape index (κ3) is 2.91. The normalized spacial score (nSPS) is 25.9. The molecular weight excluding hydrogens is 249 g/mol. The van der Waals surface area contributed by atoms with Crippen LogP contribution in [0.3, 0.4) is 0 Å². The van der Waals surface area contributed by atoms with Crippen LogP contribution in [0.25, 0.3) is 0 Å². The highest BCUT2D eigenvalue weighted by atomic mass is 32.2. The van der Waals surface area contributed by atoms with Crippen molar-refractivity contribution in [2.24, 2.45) is 5.92 Å². The van der Waals surface area contributed by atoms with Crippen LogP contribution in [0.2, 0.25) is 0 Å². The van der Waals surface area contributed by atoms with Gasteiger partial charge < -0.3 is 5.73 Å². The van der Waals surface area contributed by atoms with Gasteiger partial charge in [0.25, 0.3) is 0 Å². The average molecular weight is 269 g/mol. The summed E-state index contributed by atoms with van der Waals surface area (Å²) >= 11 is 0. The summed E-state index contributed by atoms with van der Waals surface area (Å²) in [5.41, 5.74) is 5.55. The van der Waals surface area contributed by atoms with Crippen molar-refractivity contribution in [3.8, 4) is 0 Å². The lowest BCUT2D eigenvalue weighted by atomic mass is 9.87. The first-order valence-corrected chi connectivity index (χ1v) is 7.78. The van der Waals surface area contributed by atoms with Gasteiger partial charge >= 0.3 is 0 Å². The van der Waals surface area contributed by atoms with Gasteiger partial charge in [0.05, 0.1) is 16.5 Å². The number of nitrogen functional groups attached to an aromatic ring is 1. The molecule has 1 fully saturated rings. The third-order valence-electron chi connectivity index (χ3n) is 3.82. The fourth-order valence-corrected chi connectivity index (χ4v) is 4.27.